The lowest BCUT2D eigenvalue weighted by molar-refractivity contribution is 0.244. The van der Waals surface area contributed by atoms with Crippen LogP contribution in [-0.2, 0) is 0 Å². The molecular weight excluding hydrogens is 463 g/mol. The second kappa shape index (κ2) is 9.53. The number of aromatic nitrogens is 2. The van der Waals surface area contributed by atoms with Crippen LogP contribution in [0.4, 0.5) is 14.9 Å². The minimum absolute atomic E-state index is 0.248. The monoisotopic (exact) mass is 486 g/mol. The van der Waals surface area contributed by atoms with E-state index in [1.807, 2.05) is 36.4 Å². The van der Waals surface area contributed by atoms with Gasteiger partial charge in [-0.3, -0.25) is 4.90 Å². The number of ether oxygens (including phenoxy) is 2. The summed E-state index contributed by atoms with van der Waals surface area (Å²) in [5, 5.41) is 7.19. The van der Waals surface area contributed by atoms with Crippen LogP contribution < -0.4 is 19.7 Å². The maximum absolute atomic E-state index is 13.6. The normalized spacial score (nSPS) is 15.6. The Kier molecular flexibility index (Phi) is 6.12. The van der Waals surface area contributed by atoms with Gasteiger partial charge in [0.2, 0.25) is 5.82 Å². The van der Waals surface area contributed by atoms with Gasteiger partial charge in [0.25, 0.3) is 5.89 Å². The summed E-state index contributed by atoms with van der Waals surface area (Å²) in [6.07, 6.45) is 0. The van der Waals surface area contributed by atoms with Gasteiger partial charge in [0.15, 0.2) is 11.5 Å². The zero-order valence-electron chi connectivity index (χ0n) is 19.9. The van der Waals surface area contributed by atoms with E-state index in [-0.39, 0.29) is 11.9 Å². The highest BCUT2D eigenvalue weighted by molar-refractivity contribution is 6.01. The highest BCUT2D eigenvalue weighted by Crippen LogP contribution is 2.41. The van der Waals surface area contributed by atoms with Crippen molar-refractivity contribution in [3.8, 4) is 22.9 Å². The molecule has 5 rings (SSSR count). The number of nitrogens with one attached hydrogen (secondary N) is 1. The number of methoxy groups -OCH3 is 2. The predicted octanol–water partition coefficient (Wildman–Crippen LogP) is 5.60. The summed E-state index contributed by atoms with van der Waals surface area (Å²) in [6.45, 7) is 1.79. The van der Waals surface area contributed by atoms with Crippen molar-refractivity contribution < 1.29 is 23.2 Å². The Balaban J connectivity index is 1.66. The van der Waals surface area contributed by atoms with Gasteiger partial charge in [-0.2, -0.15) is 4.98 Å². The third-order valence-corrected chi connectivity index (χ3v) is 6.00. The first-order valence-corrected chi connectivity index (χ1v) is 11.2. The van der Waals surface area contributed by atoms with E-state index in [0.717, 1.165) is 11.1 Å². The maximum atomic E-state index is 13.6. The summed E-state index contributed by atoms with van der Waals surface area (Å²) in [4.78, 5) is 19.4. The molecule has 1 N–H and O–H groups in total. The lowest BCUT2D eigenvalue weighted by atomic mass is 9.94. The molecule has 2 amide bonds. The van der Waals surface area contributed by atoms with Crippen molar-refractivity contribution in [3.05, 3.63) is 95.8 Å². The van der Waals surface area contributed by atoms with Crippen LogP contribution in [0.3, 0.4) is 0 Å². The van der Waals surface area contributed by atoms with Crippen LogP contribution in [0.1, 0.15) is 24.4 Å². The van der Waals surface area contributed by atoms with Crippen molar-refractivity contribution in [2.45, 2.75) is 13.0 Å². The number of anilines is 1. The maximum Gasteiger partial charge on any atom is 0.326 e. The Bertz CT molecular complexity index is 1430. The second-order valence-corrected chi connectivity index (χ2v) is 8.10. The zero-order chi connectivity index (χ0) is 25.2. The first kappa shape index (κ1) is 23.1. The lowest BCUT2D eigenvalue weighted by Crippen LogP contribution is -2.46. The van der Waals surface area contributed by atoms with Crippen LogP contribution in [0.15, 0.2) is 83.0 Å². The summed E-state index contributed by atoms with van der Waals surface area (Å²) in [7, 11) is 3.10. The lowest BCUT2D eigenvalue weighted by Gasteiger charge is -2.35. The molecule has 36 heavy (non-hydrogen) atoms. The third kappa shape index (κ3) is 4.15. The topological polar surface area (TPSA) is 89.7 Å². The molecule has 0 radical (unpaired) electrons. The summed E-state index contributed by atoms with van der Waals surface area (Å²) >= 11 is 0. The number of allylic oxidation sites excluding steroid dienone is 1. The largest absolute Gasteiger partial charge is 0.493 e. The van der Waals surface area contributed by atoms with Crippen LogP contribution in [0.2, 0.25) is 0 Å². The SMILES string of the molecule is COc1ccc(C2NC(=O)N(c3ccc(F)cc3)C(C)=C2c2nc(-c3ccccc3)no2)cc1OC. The van der Waals surface area contributed by atoms with E-state index in [0.29, 0.717) is 34.3 Å². The quantitative estimate of drug-likeness (QED) is 0.382. The number of hydrogen-bond acceptors (Lipinski definition) is 6. The minimum Gasteiger partial charge on any atom is -0.493 e. The van der Waals surface area contributed by atoms with Crippen molar-refractivity contribution in [2.24, 2.45) is 0 Å². The fourth-order valence-corrected chi connectivity index (χ4v) is 4.24. The van der Waals surface area contributed by atoms with Gasteiger partial charge in [0.05, 0.1) is 31.5 Å². The number of halogens is 1. The second-order valence-electron chi connectivity index (χ2n) is 8.10. The van der Waals surface area contributed by atoms with Crippen LogP contribution >= 0.6 is 0 Å². The first-order valence-electron chi connectivity index (χ1n) is 11.2. The van der Waals surface area contributed by atoms with Gasteiger partial charge in [-0.25, -0.2) is 9.18 Å². The average Bonchev–Trinajstić information content (AvgIpc) is 3.39. The number of carbonyl (C=O) groups is 1. The van der Waals surface area contributed by atoms with Gasteiger partial charge in [-0.1, -0.05) is 41.6 Å². The van der Waals surface area contributed by atoms with Gasteiger partial charge in [-0.05, 0) is 48.9 Å². The standard InChI is InChI=1S/C27H23FN4O4/c1-16-23(26-30-25(31-36-26)17-7-5-4-6-8-17)24(18-9-14-21(34-2)22(15-18)35-3)29-27(33)32(16)20-12-10-19(28)11-13-20/h4-15,24H,1-3H3,(H,29,33). The molecule has 8 nitrogen and oxygen atoms in total. The highest BCUT2D eigenvalue weighted by atomic mass is 19.1. The molecule has 3 aromatic carbocycles. The fraction of sp³-hybridized carbons (Fsp3) is 0.148. The number of urea groups is 1. The molecule has 1 aliphatic heterocycles. The highest BCUT2D eigenvalue weighted by Gasteiger charge is 2.37. The van der Waals surface area contributed by atoms with Gasteiger partial charge >= 0.3 is 6.03 Å². The van der Waals surface area contributed by atoms with Crippen LogP contribution in [0, 0.1) is 5.82 Å². The Morgan fingerprint density at radius 2 is 1.69 bits per heavy atom. The molecule has 1 unspecified atom stereocenters. The van der Waals surface area contributed by atoms with Crippen molar-refractivity contribution in [3.63, 3.8) is 0 Å². The third-order valence-electron chi connectivity index (χ3n) is 6.00. The van der Waals surface area contributed by atoms with Crippen LogP contribution in [-0.4, -0.2) is 30.4 Å². The number of benzene rings is 3. The summed E-state index contributed by atoms with van der Waals surface area (Å²) in [5.74, 6) is 1.34. The number of rotatable bonds is 6. The van der Waals surface area contributed by atoms with E-state index >= 15 is 0 Å². The molecule has 4 aromatic rings. The molecule has 0 aliphatic carbocycles. The Morgan fingerprint density at radius 1 is 0.972 bits per heavy atom. The fourth-order valence-electron chi connectivity index (χ4n) is 4.24. The molecule has 0 saturated heterocycles. The summed E-state index contributed by atoms with van der Waals surface area (Å²) < 4.78 is 30.1. The molecule has 1 aliphatic rings. The summed E-state index contributed by atoms with van der Waals surface area (Å²) in [6, 6.07) is 19.5. The van der Waals surface area contributed by atoms with E-state index in [2.05, 4.69) is 15.5 Å². The summed E-state index contributed by atoms with van der Waals surface area (Å²) in [5.41, 5.74) is 3.18. The number of amides is 2. The van der Waals surface area contributed by atoms with E-state index in [9.17, 15) is 9.18 Å². The Labute approximate surface area is 207 Å². The van der Waals surface area contributed by atoms with E-state index < -0.39 is 11.9 Å². The molecule has 1 aromatic heterocycles. The van der Waals surface area contributed by atoms with Gasteiger partial charge in [0, 0.05) is 11.3 Å². The first-order chi connectivity index (χ1) is 17.5. The minimum atomic E-state index is -0.627. The Morgan fingerprint density at radius 3 is 2.39 bits per heavy atom. The number of carbonyl (C=O) groups excluding carboxylic acids is 1. The number of hydrogen-bond donors (Lipinski definition) is 1. The van der Waals surface area contributed by atoms with E-state index in [1.165, 1.54) is 29.2 Å². The zero-order valence-corrected chi connectivity index (χ0v) is 19.9. The molecule has 0 fully saturated rings. The van der Waals surface area contributed by atoms with Gasteiger partial charge < -0.3 is 19.3 Å². The molecule has 2 heterocycles. The van der Waals surface area contributed by atoms with E-state index in [1.54, 1.807) is 33.3 Å². The molecule has 0 saturated carbocycles. The molecular formula is C27H23FN4O4. The van der Waals surface area contributed by atoms with Crippen molar-refractivity contribution >= 4 is 17.3 Å². The smallest absolute Gasteiger partial charge is 0.326 e. The molecule has 1 atom stereocenters. The van der Waals surface area contributed by atoms with Crippen LogP contribution in [0.25, 0.3) is 17.0 Å². The van der Waals surface area contributed by atoms with E-state index in [4.69, 9.17) is 14.0 Å². The Hall–Kier alpha value is -4.66. The van der Waals surface area contributed by atoms with Crippen LogP contribution in [0.5, 0.6) is 11.5 Å². The average molecular weight is 487 g/mol. The molecule has 9 heteroatoms. The molecule has 182 valence electrons. The number of nitrogens with zero attached hydrogens (tertiary/aromatic N) is 3. The van der Waals surface area contributed by atoms with Crippen molar-refractivity contribution in [1.29, 1.82) is 0 Å². The van der Waals surface area contributed by atoms with Crippen molar-refractivity contribution in [2.75, 3.05) is 19.1 Å². The molecule has 0 bridgehead atoms. The van der Waals surface area contributed by atoms with Gasteiger partial charge in [-0.15, -0.1) is 0 Å². The predicted molar refractivity (Wildman–Crippen MR) is 132 cm³/mol. The molecule has 0 spiro atoms. The van der Waals surface area contributed by atoms with Crippen molar-refractivity contribution in [1.82, 2.24) is 15.5 Å². The van der Waals surface area contributed by atoms with Gasteiger partial charge in [0.1, 0.15) is 5.82 Å².